The van der Waals surface area contributed by atoms with Crippen LogP contribution in [-0.4, -0.2) is 56.8 Å². The summed E-state index contributed by atoms with van der Waals surface area (Å²) in [5.41, 5.74) is 0.358. The fourth-order valence-corrected chi connectivity index (χ4v) is 3.61. The highest BCUT2D eigenvalue weighted by Gasteiger charge is 2.38. The molecule has 2 N–H and O–H groups in total. The Labute approximate surface area is 129 Å². The molecule has 7 heteroatoms. The molecule has 2 aliphatic rings. The van der Waals surface area contributed by atoms with Crippen molar-refractivity contribution >= 4 is 11.9 Å². The molecule has 0 radical (unpaired) electrons. The van der Waals surface area contributed by atoms with Gasteiger partial charge in [0.05, 0.1) is 13.0 Å². The van der Waals surface area contributed by atoms with Crippen LogP contribution >= 0.6 is 0 Å². The number of carboxylic acids is 1. The minimum atomic E-state index is -0.872. The fourth-order valence-electron chi connectivity index (χ4n) is 3.61. The Bertz CT molecular complexity index is 557. The maximum atomic E-state index is 12.3. The van der Waals surface area contributed by atoms with Crippen LogP contribution in [-0.2, 0) is 11.3 Å². The molecule has 2 fully saturated rings. The summed E-state index contributed by atoms with van der Waals surface area (Å²) < 4.78 is 1.50. The number of nitrogens with zero attached hydrogens (tertiary/aromatic N) is 3. The van der Waals surface area contributed by atoms with Crippen LogP contribution in [0.1, 0.15) is 42.6 Å². The molecule has 2 saturated heterocycles. The highest BCUT2D eigenvalue weighted by molar-refractivity contribution is 5.92. The van der Waals surface area contributed by atoms with Gasteiger partial charge in [-0.25, -0.2) is 0 Å². The number of hydrogen-bond acceptors (Lipinski definition) is 4. The Morgan fingerprint density at radius 3 is 2.68 bits per heavy atom. The van der Waals surface area contributed by atoms with E-state index in [9.17, 15) is 9.59 Å². The average Bonchev–Trinajstić information content (AvgIpc) is 3.00. The Hall–Kier alpha value is -1.89. The lowest BCUT2D eigenvalue weighted by atomic mass is 9.98. The van der Waals surface area contributed by atoms with Crippen LogP contribution in [0.3, 0.4) is 0 Å². The van der Waals surface area contributed by atoms with Crippen LogP contribution in [0.15, 0.2) is 12.3 Å². The van der Waals surface area contributed by atoms with Crippen LogP contribution in [0.2, 0.25) is 0 Å². The zero-order valence-electron chi connectivity index (χ0n) is 12.7. The molecule has 3 heterocycles. The Kier molecular flexibility index (Phi) is 4.15. The molecule has 0 aromatic carbocycles. The standard InChI is InChI=1S/C15H22N4O3/c1-18-11-2-3-12(18)9-10(8-11)16-15(22)13-4-6-19(17-13)7-5-14(20)21/h4,6,10-12H,2-3,5,7-9H2,1H3,(H,16,22)(H,20,21). The predicted molar refractivity (Wildman–Crippen MR) is 79.5 cm³/mol. The number of piperidine rings is 1. The Morgan fingerprint density at radius 2 is 2.05 bits per heavy atom. The third-order valence-electron chi connectivity index (χ3n) is 4.86. The van der Waals surface area contributed by atoms with Crippen molar-refractivity contribution in [2.24, 2.45) is 0 Å². The first-order valence-corrected chi connectivity index (χ1v) is 7.81. The molecule has 120 valence electrons. The van der Waals surface area contributed by atoms with Crippen LogP contribution in [0, 0.1) is 0 Å². The quantitative estimate of drug-likeness (QED) is 0.836. The first-order valence-electron chi connectivity index (χ1n) is 7.81. The third kappa shape index (κ3) is 3.14. The van der Waals surface area contributed by atoms with Gasteiger partial charge in [0.2, 0.25) is 0 Å². The molecule has 3 rings (SSSR count). The van der Waals surface area contributed by atoms with E-state index in [1.165, 1.54) is 17.5 Å². The lowest BCUT2D eigenvalue weighted by molar-refractivity contribution is -0.137. The molecule has 2 aliphatic heterocycles. The average molecular weight is 306 g/mol. The highest BCUT2D eigenvalue weighted by atomic mass is 16.4. The van der Waals surface area contributed by atoms with E-state index in [2.05, 4.69) is 22.4 Å². The van der Waals surface area contributed by atoms with E-state index >= 15 is 0 Å². The predicted octanol–water partition coefficient (Wildman–Crippen LogP) is 0.713. The van der Waals surface area contributed by atoms with E-state index in [1.807, 2.05) is 0 Å². The molecule has 1 aromatic heterocycles. The van der Waals surface area contributed by atoms with Gasteiger partial charge < -0.3 is 15.3 Å². The molecule has 2 atom stereocenters. The minimum absolute atomic E-state index is 0.00105. The normalized spacial score (nSPS) is 27.8. The lowest BCUT2D eigenvalue weighted by Crippen LogP contribution is -2.48. The van der Waals surface area contributed by atoms with Gasteiger partial charge in [-0.3, -0.25) is 14.3 Å². The molecule has 2 bridgehead atoms. The van der Waals surface area contributed by atoms with Gasteiger partial charge in [0.1, 0.15) is 5.69 Å². The topological polar surface area (TPSA) is 87.5 Å². The van der Waals surface area contributed by atoms with E-state index in [0.717, 1.165) is 12.8 Å². The van der Waals surface area contributed by atoms with Gasteiger partial charge in [-0.15, -0.1) is 0 Å². The summed E-state index contributed by atoms with van der Waals surface area (Å²) in [5, 5.41) is 15.9. The van der Waals surface area contributed by atoms with E-state index in [0.29, 0.717) is 17.8 Å². The van der Waals surface area contributed by atoms with Crippen LogP contribution < -0.4 is 5.32 Å². The number of rotatable bonds is 5. The first kappa shape index (κ1) is 15.0. The molecule has 22 heavy (non-hydrogen) atoms. The molecular formula is C15H22N4O3. The number of carbonyl (C=O) groups excluding carboxylic acids is 1. The minimum Gasteiger partial charge on any atom is -0.481 e. The molecule has 1 aromatic rings. The number of aromatic nitrogens is 2. The van der Waals surface area contributed by atoms with Crippen LogP contribution in [0.5, 0.6) is 0 Å². The number of aryl methyl sites for hydroxylation is 1. The van der Waals surface area contributed by atoms with E-state index in [4.69, 9.17) is 5.11 Å². The van der Waals surface area contributed by atoms with Crippen LogP contribution in [0.25, 0.3) is 0 Å². The smallest absolute Gasteiger partial charge is 0.305 e. The largest absolute Gasteiger partial charge is 0.481 e. The van der Waals surface area contributed by atoms with Gasteiger partial charge in [0.15, 0.2) is 0 Å². The number of carboxylic acid groups (broad SMARTS) is 1. The Morgan fingerprint density at radius 1 is 1.36 bits per heavy atom. The van der Waals surface area contributed by atoms with E-state index in [-0.39, 0.29) is 24.9 Å². The number of hydrogen-bond donors (Lipinski definition) is 2. The zero-order valence-corrected chi connectivity index (χ0v) is 12.7. The summed E-state index contributed by atoms with van der Waals surface area (Å²) in [5.74, 6) is -1.04. The van der Waals surface area contributed by atoms with Gasteiger partial charge in [-0.2, -0.15) is 5.10 Å². The zero-order chi connectivity index (χ0) is 15.7. The maximum absolute atomic E-state index is 12.3. The summed E-state index contributed by atoms with van der Waals surface area (Å²) >= 11 is 0. The second-order valence-corrected chi connectivity index (χ2v) is 6.30. The number of carbonyl (C=O) groups is 2. The van der Waals surface area contributed by atoms with Crippen molar-refractivity contribution in [3.63, 3.8) is 0 Å². The number of fused-ring (bicyclic) bond motifs is 2. The van der Waals surface area contributed by atoms with Crippen LogP contribution in [0.4, 0.5) is 0 Å². The van der Waals surface area contributed by atoms with E-state index < -0.39 is 5.97 Å². The Balaban J connectivity index is 1.55. The summed E-state index contributed by atoms with van der Waals surface area (Å²) in [6.07, 6.45) is 6.09. The highest BCUT2D eigenvalue weighted by Crippen LogP contribution is 2.34. The van der Waals surface area contributed by atoms with Crippen molar-refractivity contribution in [1.82, 2.24) is 20.0 Å². The van der Waals surface area contributed by atoms with Gasteiger partial charge in [0, 0.05) is 24.3 Å². The third-order valence-corrected chi connectivity index (χ3v) is 4.86. The molecule has 0 spiro atoms. The van der Waals surface area contributed by atoms with Crippen molar-refractivity contribution in [2.45, 2.75) is 56.8 Å². The number of nitrogens with one attached hydrogen (secondary N) is 1. The molecule has 7 nitrogen and oxygen atoms in total. The lowest BCUT2D eigenvalue weighted by Gasteiger charge is -2.36. The molecule has 0 saturated carbocycles. The molecule has 1 amide bonds. The molecular weight excluding hydrogens is 284 g/mol. The fraction of sp³-hybridized carbons (Fsp3) is 0.667. The van der Waals surface area contributed by atoms with Crippen molar-refractivity contribution in [3.8, 4) is 0 Å². The van der Waals surface area contributed by atoms with Gasteiger partial charge >= 0.3 is 5.97 Å². The molecule has 2 unspecified atom stereocenters. The van der Waals surface area contributed by atoms with Crippen molar-refractivity contribution < 1.29 is 14.7 Å². The monoisotopic (exact) mass is 306 g/mol. The van der Waals surface area contributed by atoms with E-state index in [1.54, 1.807) is 12.3 Å². The second kappa shape index (κ2) is 6.08. The maximum Gasteiger partial charge on any atom is 0.305 e. The summed E-state index contributed by atoms with van der Waals surface area (Å²) in [7, 11) is 2.17. The molecule has 0 aliphatic carbocycles. The SMILES string of the molecule is CN1C2CCC1CC(NC(=O)c1ccn(CCC(=O)O)n1)C2. The summed E-state index contributed by atoms with van der Waals surface area (Å²) in [6.45, 7) is 0.279. The van der Waals surface area contributed by atoms with Gasteiger partial charge in [-0.1, -0.05) is 0 Å². The number of aliphatic carboxylic acids is 1. The second-order valence-electron chi connectivity index (χ2n) is 6.30. The van der Waals surface area contributed by atoms with Gasteiger partial charge in [0.25, 0.3) is 5.91 Å². The first-order chi connectivity index (χ1) is 10.5. The van der Waals surface area contributed by atoms with Crippen molar-refractivity contribution in [1.29, 1.82) is 0 Å². The van der Waals surface area contributed by atoms with Gasteiger partial charge in [-0.05, 0) is 38.8 Å². The number of amides is 1. The summed E-state index contributed by atoms with van der Waals surface area (Å²) in [6, 6.07) is 3.01. The summed E-state index contributed by atoms with van der Waals surface area (Å²) in [4.78, 5) is 25.2. The van der Waals surface area contributed by atoms with Crippen molar-refractivity contribution in [3.05, 3.63) is 18.0 Å². The van der Waals surface area contributed by atoms with Crippen molar-refractivity contribution in [2.75, 3.05) is 7.05 Å².